The van der Waals surface area contributed by atoms with E-state index in [1.807, 2.05) is 50.9 Å². The van der Waals surface area contributed by atoms with Gasteiger partial charge in [0, 0.05) is 6.08 Å². The maximum atomic E-state index is 5.38. The van der Waals surface area contributed by atoms with Crippen LogP contribution in [0.15, 0.2) is 35.3 Å². The van der Waals surface area contributed by atoms with E-state index < -0.39 is 0 Å². The zero-order valence-electron chi connectivity index (χ0n) is 8.66. The Morgan fingerprint density at radius 1 is 1.15 bits per heavy atom. The molecule has 0 amide bonds. The molecule has 0 aromatic heterocycles. The molecular formula is C11H16NO+. The van der Waals surface area contributed by atoms with Crippen LogP contribution in [-0.2, 0) is 4.74 Å². The Morgan fingerprint density at radius 3 is 2.15 bits per heavy atom. The molecule has 0 unspecified atom stereocenters. The molecule has 0 N–H and O–H groups in total. The molecule has 2 heteroatoms. The zero-order valence-corrected chi connectivity index (χ0v) is 8.66. The molecule has 0 fully saturated rings. The third-order valence-electron chi connectivity index (χ3n) is 1.63. The molecule has 1 aliphatic heterocycles. The van der Waals surface area contributed by atoms with Crippen LogP contribution in [0.4, 0.5) is 0 Å². The second-order valence-corrected chi connectivity index (χ2v) is 3.39. The average molecular weight is 178 g/mol. The summed E-state index contributed by atoms with van der Waals surface area (Å²) >= 11 is 0. The van der Waals surface area contributed by atoms with Gasteiger partial charge in [0.25, 0.3) is 0 Å². The maximum Gasteiger partial charge on any atom is 0.163 e. The van der Waals surface area contributed by atoms with Gasteiger partial charge in [0.15, 0.2) is 6.21 Å². The van der Waals surface area contributed by atoms with Gasteiger partial charge in [-0.05, 0) is 31.6 Å². The first-order chi connectivity index (χ1) is 6.08. The zero-order chi connectivity index (χ0) is 9.84. The number of nitrogens with zero attached hydrogens (tertiary/aromatic N) is 1. The maximum absolute atomic E-state index is 5.38. The molecule has 1 heterocycles. The Balaban J connectivity index is 2.86. The third-order valence-corrected chi connectivity index (χ3v) is 1.63. The highest BCUT2D eigenvalue weighted by atomic mass is 16.5. The molecule has 2 nitrogen and oxygen atoms in total. The molecule has 0 spiro atoms. The van der Waals surface area contributed by atoms with Crippen molar-refractivity contribution in [2.24, 2.45) is 0 Å². The number of rotatable bonds is 1. The Morgan fingerprint density at radius 2 is 1.69 bits per heavy atom. The van der Waals surface area contributed by atoms with Crippen LogP contribution in [0.3, 0.4) is 0 Å². The van der Waals surface area contributed by atoms with E-state index in [1.165, 1.54) is 5.57 Å². The number of hydrogen-bond donors (Lipinski definition) is 0. The summed E-state index contributed by atoms with van der Waals surface area (Å²) in [6, 6.07) is 0. The van der Waals surface area contributed by atoms with E-state index in [4.69, 9.17) is 4.74 Å². The van der Waals surface area contributed by atoms with Crippen LogP contribution in [0.1, 0.15) is 13.8 Å². The summed E-state index contributed by atoms with van der Waals surface area (Å²) in [4.78, 5) is 0. The first kappa shape index (κ1) is 9.78. The summed E-state index contributed by atoms with van der Waals surface area (Å²) in [6.45, 7) is 3.92. The molecule has 0 bridgehead atoms. The van der Waals surface area contributed by atoms with Gasteiger partial charge in [-0.2, -0.15) is 0 Å². The van der Waals surface area contributed by atoms with Crippen molar-refractivity contribution in [2.75, 3.05) is 14.1 Å². The molecule has 70 valence electrons. The highest BCUT2D eigenvalue weighted by molar-refractivity contribution is 5.70. The number of hydrogen-bond acceptors (Lipinski definition) is 1. The van der Waals surface area contributed by atoms with Gasteiger partial charge in [-0.1, -0.05) is 0 Å². The standard InChI is InChI=1S/C11H16NO/c1-9-7-11(5-6-12(3)4)8-10(2)13-9/h5-8H,1-4H3/q+1. The lowest BCUT2D eigenvalue weighted by Crippen LogP contribution is -1.98. The van der Waals surface area contributed by atoms with E-state index in [0.29, 0.717) is 0 Å². The normalized spacial score (nSPS) is 15.5. The van der Waals surface area contributed by atoms with Crippen molar-refractivity contribution in [3.05, 3.63) is 35.3 Å². The lowest BCUT2D eigenvalue weighted by Gasteiger charge is -2.11. The molecule has 0 saturated heterocycles. The lowest BCUT2D eigenvalue weighted by atomic mass is 10.1. The average Bonchev–Trinajstić information content (AvgIpc) is 1.99. The van der Waals surface area contributed by atoms with E-state index in [2.05, 4.69) is 6.08 Å². The van der Waals surface area contributed by atoms with Gasteiger partial charge < -0.3 is 4.74 Å². The van der Waals surface area contributed by atoms with Crippen molar-refractivity contribution in [2.45, 2.75) is 13.8 Å². The summed E-state index contributed by atoms with van der Waals surface area (Å²) in [7, 11) is 4.01. The molecule has 0 aromatic carbocycles. The fourth-order valence-corrected chi connectivity index (χ4v) is 1.16. The molecule has 0 atom stereocenters. The third kappa shape index (κ3) is 3.28. The fourth-order valence-electron chi connectivity index (χ4n) is 1.16. The van der Waals surface area contributed by atoms with Gasteiger partial charge in [-0.25, -0.2) is 4.58 Å². The van der Waals surface area contributed by atoms with Crippen LogP contribution in [0, 0.1) is 0 Å². The van der Waals surface area contributed by atoms with Gasteiger partial charge in [0.05, 0.1) is 0 Å². The van der Waals surface area contributed by atoms with Gasteiger partial charge in [-0.3, -0.25) is 0 Å². The topological polar surface area (TPSA) is 12.2 Å². The predicted molar refractivity (Wildman–Crippen MR) is 54.9 cm³/mol. The van der Waals surface area contributed by atoms with Gasteiger partial charge >= 0.3 is 0 Å². The van der Waals surface area contributed by atoms with Crippen LogP contribution in [0.25, 0.3) is 0 Å². The first-order valence-electron chi connectivity index (χ1n) is 4.34. The second kappa shape index (κ2) is 4.08. The highest BCUT2D eigenvalue weighted by Gasteiger charge is 2.02. The fraction of sp³-hybridized carbons (Fsp3) is 0.364. The monoisotopic (exact) mass is 178 g/mol. The SMILES string of the molecule is CC1=CC(=CC=[N+](C)C)C=C(C)O1. The van der Waals surface area contributed by atoms with Crippen LogP contribution < -0.4 is 0 Å². The summed E-state index contributed by atoms with van der Waals surface area (Å²) in [6.07, 6.45) is 8.13. The minimum absolute atomic E-state index is 0.943. The Kier molecular flexibility index (Phi) is 3.07. The molecule has 0 aliphatic carbocycles. The van der Waals surface area contributed by atoms with Gasteiger partial charge in [0.1, 0.15) is 25.6 Å². The van der Waals surface area contributed by atoms with E-state index in [-0.39, 0.29) is 0 Å². The first-order valence-corrected chi connectivity index (χ1v) is 4.34. The minimum Gasteiger partial charge on any atom is -0.467 e. The smallest absolute Gasteiger partial charge is 0.163 e. The van der Waals surface area contributed by atoms with Crippen molar-refractivity contribution in [1.29, 1.82) is 0 Å². The molecule has 13 heavy (non-hydrogen) atoms. The molecule has 0 radical (unpaired) electrons. The quantitative estimate of drug-likeness (QED) is 0.442. The summed E-state index contributed by atoms with van der Waals surface area (Å²) in [5.74, 6) is 1.89. The molecule has 1 aliphatic rings. The second-order valence-electron chi connectivity index (χ2n) is 3.39. The number of allylic oxidation sites excluding steroid dienone is 6. The van der Waals surface area contributed by atoms with Crippen molar-refractivity contribution in [1.82, 2.24) is 0 Å². The summed E-state index contributed by atoms with van der Waals surface area (Å²) < 4.78 is 7.39. The van der Waals surface area contributed by atoms with E-state index in [0.717, 1.165) is 11.5 Å². The van der Waals surface area contributed by atoms with Crippen LogP contribution in [0.2, 0.25) is 0 Å². The van der Waals surface area contributed by atoms with E-state index in [9.17, 15) is 0 Å². The van der Waals surface area contributed by atoms with Crippen molar-refractivity contribution < 1.29 is 9.31 Å². The Hall–Kier alpha value is -1.31. The van der Waals surface area contributed by atoms with Crippen molar-refractivity contribution >= 4 is 6.21 Å². The summed E-state index contributed by atoms with van der Waals surface area (Å²) in [5.41, 5.74) is 1.18. The Labute approximate surface area is 79.5 Å². The number of ether oxygens (including phenoxy) is 1. The largest absolute Gasteiger partial charge is 0.467 e. The van der Waals surface area contributed by atoms with Crippen LogP contribution in [0.5, 0.6) is 0 Å². The molecule has 0 aromatic rings. The molecular weight excluding hydrogens is 162 g/mol. The van der Waals surface area contributed by atoms with Gasteiger partial charge in [-0.15, -0.1) is 0 Å². The minimum atomic E-state index is 0.943. The Bertz CT molecular complexity index is 295. The molecule has 0 saturated carbocycles. The lowest BCUT2D eigenvalue weighted by molar-refractivity contribution is -0.458. The van der Waals surface area contributed by atoms with Crippen LogP contribution in [-0.4, -0.2) is 24.9 Å². The van der Waals surface area contributed by atoms with Crippen LogP contribution >= 0.6 is 0 Å². The van der Waals surface area contributed by atoms with Crippen molar-refractivity contribution in [3.63, 3.8) is 0 Å². The highest BCUT2D eigenvalue weighted by Crippen LogP contribution is 2.17. The van der Waals surface area contributed by atoms with E-state index >= 15 is 0 Å². The summed E-state index contributed by atoms with van der Waals surface area (Å²) in [5, 5.41) is 0. The predicted octanol–water partition coefficient (Wildman–Crippen LogP) is 2.09. The van der Waals surface area contributed by atoms with E-state index in [1.54, 1.807) is 0 Å². The molecule has 1 rings (SSSR count). The van der Waals surface area contributed by atoms with Crippen molar-refractivity contribution in [3.8, 4) is 0 Å². The van der Waals surface area contributed by atoms with Gasteiger partial charge in [0.2, 0.25) is 0 Å².